The Kier molecular flexibility index (Phi) is 9.12. The predicted octanol–water partition coefficient (Wildman–Crippen LogP) is 6.78. The average molecular weight is 489 g/mol. The molecule has 6 nitrogen and oxygen atoms in total. The lowest BCUT2D eigenvalue weighted by atomic mass is 10.0. The Labute approximate surface area is 213 Å². The predicted molar refractivity (Wildman–Crippen MR) is 145 cm³/mol. The summed E-state index contributed by atoms with van der Waals surface area (Å²) in [7, 11) is 0. The van der Waals surface area contributed by atoms with E-state index in [1.807, 2.05) is 12.1 Å². The minimum atomic E-state index is -0.415. The van der Waals surface area contributed by atoms with Crippen LogP contribution in [0.5, 0.6) is 11.5 Å². The highest BCUT2D eigenvalue weighted by Gasteiger charge is 2.14. The lowest BCUT2D eigenvalue weighted by molar-refractivity contribution is 0.101. The Balaban J connectivity index is 1.59. The van der Waals surface area contributed by atoms with Gasteiger partial charge in [0.2, 0.25) is 0 Å². The largest absolute Gasteiger partial charge is 0.507 e. The van der Waals surface area contributed by atoms with E-state index in [0.29, 0.717) is 23.2 Å². The molecule has 0 spiro atoms. The molecule has 2 amide bonds. The van der Waals surface area contributed by atoms with Gasteiger partial charge in [-0.25, -0.2) is 0 Å². The van der Waals surface area contributed by atoms with E-state index < -0.39 is 11.8 Å². The lowest BCUT2D eigenvalue weighted by Crippen LogP contribution is -2.13. The minimum Gasteiger partial charge on any atom is -0.507 e. The van der Waals surface area contributed by atoms with Crippen LogP contribution in [-0.2, 0) is 12.8 Å². The van der Waals surface area contributed by atoms with Gasteiger partial charge in [0.25, 0.3) is 11.8 Å². The number of anilines is 2. The van der Waals surface area contributed by atoms with Gasteiger partial charge in [-0.05, 0) is 97.2 Å². The number of rotatable bonds is 10. The molecule has 4 N–H and O–H groups in total. The number of aromatic hydroxyl groups is 2. The maximum atomic E-state index is 12.6. The molecule has 0 saturated carbocycles. The van der Waals surface area contributed by atoms with Gasteiger partial charge in [0.15, 0.2) is 0 Å². The first-order valence-electron chi connectivity index (χ1n) is 12.5. The standard InChI is InChI=1S/C30H36N2O4/c1-19(2)5-7-21-9-15-25(27(33)17-21)29(35)31-23-11-13-24(14-12-23)32-30(36)26-16-10-22(18-28(26)34)8-6-20(3)4/h9-20,33-34H,5-8H2,1-4H3,(H,31,35)(H,32,36). The van der Waals surface area contributed by atoms with Crippen molar-refractivity contribution in [2.45, 2.75) is 53.4 Å². The molecule has 3 rings (SSSR count). The van der Waals surface area contributed by atoms with Gasteiger partial charge in [-0.15, -0.1) is 0 Å². The van der Waals surface area contributed by atoms with Crippen LogP contribution in [0.2, 0.25) is 0 Å². The number of phenolic OH excluding ortho intramolecular Hbond substituents is 2. The molecule has 6 heteroatoms. The van der Waals surface area contributed by atoms with Crippen molar-refractivity contribution in [1.82, 2.24) is 0 Å². The first kappa shape index (κ1) is 26.8. The third-order valence-corrected chi connectivity index (χ3v) is 6.03. The van der Waals surface area contributed by atoms with Gasteiger partial charge in [0.1, 0.15) is 11.5 Å². The molecule has 0 saturated heterocycles. The molecule has 0 radical (unpaired) electrons. The topological polar surface area (TPSA) is 98.7 Å². The van der Waals surface area contributed by atoms with Gasteiger partial charge in [0.05, 0.1) is 11.1 Å². The van der Waals surface area contributed by atoms with Crippen LogP contribution in [0.25, 0.3) is 0 Å². The minimum absolute atomic E-state index is 0.0485. The van der Waals surface area contributed by atoms with Crippen molar-refractivity contribution in [1.29, 1.82) is 0 Å². The maximum Gasteiger partial charge on any atom is 0.259 e. The Morgan fingerprint density at radius 1 is 0.639 bits per heavy atom. The first-order chi connectivity index (χ1) is 17.1. The number of aryl methyl sites for hydroxylation is 2. The third kappa shape index (κ3) is 7.60. The smallest absolute Gasteiger partial charge is 0.259 e. The van der Waals surface area contributed by atoms with E-state index in [0.717, 1.165) is 36.8 Å². The summed E-state index contributed by atoms with van der Waals surface area (Å²) in [6.45, 7) is 8.59. The highest BCUT2D eigenvalue weighted by atomic mass is 16.3. The lowest BCUT2D eigenvalue weighted by Gasteiger charge is -2.11. The van der Waals surface area contributed by atoms with E-state index in [2.05, 4.69) is 38.3 Å². The molecule has 0 aliphatic carbocycles. The van der Waals surface area contributed by atoms with Crippen molar-refractivity contribution in [2.75, 3.05) is 10.6 Å². The highest BCUT2D eigenvalue weighted by Crippen LogP contribution is 2.24. The molecule has 0 unspecified atom stereocenters. The molecular weight excluding hydrogens is 452 g/mol. The number of nitrogens with one attached hydrogen (secondary N) is 2. The van der Waals surface area contributed by atoms with Crippen molar-refractivity contribution in [2.24, 2.45) is 11.8 Å². The number of carbonyl (C=O) groups is 2. The second-order valence-corrected chi connectivity index (χ2v) is 10.1. The molecule has 0 bridgehead atoms. The molecule has 36 heavy (non-hydrogen) atoms. The highest BCUT2D eigenvalue weighted by molar-refractivity contribution is 6.07. The molecule has 0 atom stereocenters. The summed E-state index contributed by atoms with van der Waals surface area (Å²) in [5.74, 6) is 0.201. The van der Waals surface area contributed by atoms with Crippen molar-refractivity contribution in [3.63, 3.8) is 0 Å². The van der Waals surface area contributed by atoms with Crippen LogP contribution in [0.1, 0.15) is 72.4 Å². The summed E-state index contributed by atoms with van der Waals surface area (Å²) >= 11 is 0. The normalized spacial score (nSPS) is 11.1. The van der Waals surface area contributed by atoms with Crippen molar-refractivity contribution < 1.29 is 19.8 Å². The van der Waals surface area contributed by atoms with Crippen molar-refractivity contribution in [3.8, 4) is 11.5 Å². The second kappa shape index (κ2) is 12.2. The zero-order valence-corrected chi connectivity index (χ0v) is 21.5. The van der Waals surface area contributed by atoms with Gasteiger partial charge < -0.3 is 20.8 Å². The Bertz CT molecular complexity index is 1110. The Hall–Kier alpha value is -3.80. The number of hydrogen-bond acceptors (Lipinski definition) is 4. The molecule has 3 aromatic carbocycles. The van der Waals surface area contributed by atoms with E-state index in [1.165, 1.54) is 0 Å². The zero-order valence-electron chi connectivity index (χ0n) is 21.5. The van der Waals surface area contributed by atoms with Gasteiger partial charge in [-0.2, -0.15) is 0 Å². The number of hydrogen-bond donors (Lipinski definition) is 4. The maximum absolute atomic E-state index is 12.6. The number of benzene rings is 3. The fraction of sp³-hybridized carbons (Fsp3) is 0.333. The van der Waals surface area contributed by atoms with Crippen LogP contribution in [-0.4, -0.2) is 22.0 Å². The van der Waals surface area contributed by atoms with Crippen molar-refractivity contribution in [3.05, 3.63) is 82.9 Å². The van der Waals surface area contributed by atoms with Gasteiger partial charge in [-0.1, -0.05) is 39.8 Å². The van der Waals surface area contributed by atoms with Crippen LogP contribution in [0.4, 0.5) is 11.4 Å². The van der Waals surface area contributed by atoms with E-state index in [4.69, 9.17) is 0 Å². The zero-order chi connectivity index (χ0) is 26.2. The van der Waals surface area contributed by atoms with Crippen LogP contribution in [0.15, 0.2) is 60.7 Å². The summed E-state index contributed by atoms with van der Waals surface area (Å²) in [5.41, 5.74) is 3.45. The molecule has 0 aliphatic rings. The van der Waals surface area contributed by atoms with E-state index in [9.17, 15) is 19.8 Å². The van der Waals surface area contributed by atoms with E-state index >= 15 is 0 Å². The average Bonchev–Trinajstić information content (AvgIpc) is 2.82. The van der Waals surface area contributed by atoms with Crippen LogP contribution >= 0.6 is 0 Å². The summed E-state index contributed by atoms with van der Waals surface area (Å²) in [6.07, 6.45) is 3.72. The molecule has 0 aromatic heterocycles. The fourth-order valence-electron chi connectivity index (χ4n) is 3.79. The van der Waals surface area contributed by atoms with Crippen LogP contribution in [0, 0.1) is 11.8 Å². The molecule has 3 aromatic rings. The summed E-state index contributed by atoms with van der Waals surface area (Å²) in [4.78, 5) is 25.3. The molecule has 0 fully saturated rings. The fourth-order valence-corrected chi connectivity index (χ4v) is 3.79. The third-order valence-electron chi connectivity index (χ3n) is 6.03. The summed E-state index contributed by atoms with van der Waals surface area (Å²) < 4.78 is 0. The van der Waals surface area contributed by atoms with Gasteiger partial charge in [0, 0.05) is 11.4 Å². The van der Waals surface area contributed by atoms with E-state index in [1.54, 1.807) is 48.5 Å². The number of phenols is 2. The van der Waals surface area contributed by atoms with Gasteiger partial charge in [-0.3, -0.25) is 9.59 Å². The van der Waals surface area contributed by atoms with Crippen molar-refractivity contribution >= 4 is 23.2 Å². The second-order valence-electron chi connectivity index (χ2n) is 10.1. The molecule has 0 heterocycles. The van der Waals surface area contributed by atoms with Crippen LogP contribution < -0.4 is 10.6 Å². The van der Waals surface area contributed by atoms with Gasteiger partial charge >= 0.3 is 0 Å². The SMILES string of the molecule is CC(C)CCc1ccc(C(=O)Nc2ccc(NC(=O)c3ccc(CCC(C)C)cc3O)cc2)c(O)c1. The molecule has 0 aliphatic heterocycles. The summed E-state index contributed by atoms with van der Waals surface area (Å²) in [5, 5.41) is 26.2. The Morgan fingerprint density at radius 3 is 1.31 bits per heavy atom. The van der Waals surface area contributed by atoms with Crippen LogP contribution in [0.3, 0.4) is 0 Å². The monoisotopic (exact) mass is 488 g/mol. The quantitative estimate of drug-likeness (QED) is 0.253. The Morgan fingerprint density at radius 2 is 1.00 bits per heavy atom. The first-order valence-corrected chi connectivity index (χ1v) is 12.5. The molecular formula is C30H36N2O4. The number of amides is 2. The molecule has 190 valence electrons. The summed E-state index contributed by atoms with van der Waals surface area (Å²) in [6, 6.07) is 16.9. The van der Waals surface area contributed by atoms with E-state index in [-0.39, 0.29) is 22.6 Å². The number of carbonyl (C=O) groups excluding carboxylic acids is 2.